The fraction of sp³-hybridized carbons (Fsp3) is 0.185. The maximum Gasteiger partial charge on any atom is 0.119 e. The molecule has 0 spiro atoms. The van der Waals surface area contributed by atoms with Crippen LogP contribution in [0, 0.1) is 0 Å². The van der Waals surface area contributed by atoms with E-state index in [1.54, 1.807) is 14.2 Å². The average Bonchev–Trinajstić information content (AvgIpc) is 2.79. The first-order chi connectivity index (χ1) is 14.7. The number of methoxy groups -OCH3 is 2. The Morgan fingerprint density at radius 1 is 0.633 bits per heavy atom. The SMILES string of the molecule is CCOc1ccc(Cc2cc(OC)ccc2-c2ccc3cc(OC)ccc3c2)cc1. The van der Waals surface area contributed by atoms with Crippen molar-refractivity contribution < 1.29 is 14.2 Å². The summed E-state index contributed by atoms with van der Waals surface area (Å²) in [6, 6.07) is 27.3. The van der Waals surface area contributed by atoms with Gasteiger partial charge in [0.2, 0.25) is 0 Å². The van der Waals surface area contributed by atoms with Gasteiger partial charge in [-0.1, -0.05) is 36.4 Å². The fourth-order valence-corrected chi connectivity index (χ4v) is 3.73. The predicted octanol–water partition coefficient (Wildman–Crippen LogP) is 6.51. The zero-order valence-electron chi connectivity index (χ0n) is 17.6. The Morgan fingerprint density at radius 3 is 2.00 bits per heavy atom. The maximum atomic E-state index is 5.57. The molecule has 4 rings (SSSR count). The molecule has 0 radical (unpaired) electrons. The molecule has 0 aliphatic carbocycles. The van der Waals surface area contributed by atoms with Crippen molar-refractivity contribution in [2.75, 3.05) is 20.8 Å². The standard InChI is InChI=1S/C27H26O3/c1-4-30-24-10-5-19(6-11-24)15-23-18-26(29-3)13-14-27(23)22-8-7-21-17-25(28-2)12-9-20(21)16-22/h5-14,16-18H,4,15H2,1-3H3. The number of hydrogen-bond acceptors (Lipinski definition) is 3. The first-order valence-corrected chi connectivity index (χ1v) is 10.2. The quantitative estimate of drug-likeness (QED) is 0.355. The second-order valence-electron chi connectivity index (χ2n) is 7.20. The van der Waals surface area contributed by atoms with Crippen LogP contribution in [0.5, 0.6) is 17.2 Å². The zero-order valence-corrected chi connectivity index (χ0v) is 17.6. The van der Waals surface area contributed by atoms with Crippen LogP contribution in [0.25, 0.3) is 21.9 Å². The Hall–Kier alpha value is -3.46. The van der Waals surface area contributed by atoms with E-state index in [1.807, 2.05) is 31.2 Å². The van der Waals surface area contributed by atoms with Crippen molar-refractivity contribution in [2.45, 2.75) is 13.3 Å². The second kappa shape index (κ2) is 8.91. The van der Waals surface area contributed by atoms with Crippen molar-refractivity contribution in [1.29, 1.82) is 0 Å². The summed E-state index contributed by atoms with van der Waals surface area (Å²) < 4.78 is 16.4. The van der Waals surface area contributed by atoms with E-state index in [9.17, 15) is 0 Å². The van der Waals surface area contributed by atoms with Gasteiger partial charge in [-0.3, -0.25) is 0 Å². The van der Waals surface area contributed by atoms with Gasteiger partial charge in [0.05, 0.1) is 20.8 Å². The molecule has 0 N–H and O–H groups in total. The highest BCUT2D eigenvalue weighted by Gasteiger charge is 2.10. The van der Waals surface area contributed by atoms with Crippen LogP contribution in [-0.2, 0) is 6.42 Å². The van der Waals surface area contributed by atoms with Crippen LogP contribution in [0.3, 0.4) is 0 Å². The molecule has 0 unspecified atom stereocenters. The van der Waals surface area contributed by atoms with E-state index >= 15 is 0 Å². The molecule has 152 valence electrons. The molecule has 0 aliphatic heterocycles. The Kier molecular flexibility index (Phi) is 5.89. The minimum Gasteiger partial charge on any atom is -0.497 e. The third kappa shape index (κ3) is 4.25. The smallest absolute Gasteiger partial charge is 0.119 e. The van der Waals surface area contributed by atoms with Gasteiger partial charge in [0.25, 0.3) is 0 Å². The highest BCUT2D eigenvalue weighted by molar-refractivity contribution is 5.89. The third-order valence-corrected chi connectivity index (χ3v) is 5.30. The second-order valence-corrected chi connectivity index (χ2v) is 7.20. The van der Waals surface area contributed by atoms with E-state index in [0.29, 0.717) is 6.61 Å². The van der Waals surface area contributed by atoms with Crippen molar-refractivity contribution >= 4 is 10.8 Å². The molecule has 0 heterocycles. The van der Waals surface area contributed by atoms with Gasteiger partial charge < -0.3 is 14.2 Å². The molecular formula is C27H26O3. The lowest BCUT2D eigenvalue weighted by atomic mass is 9.93. The highest BCUT2D eigenvalue weighted by atomic mass is 16.5. The molecule has 0 fully saturated rings. The Morgan fingerprint density at radius 2 is 1.27 bits per heavy atom. The summed E-state index contributed by atoms with van der Waals surface area (Å²) in [5, 5.41) is 2.36. The van der Waals surface area contributed by atoms with Crippen molar-refractivity contribution in [3.63, 3.8) is 0 Å². The number of fused-ring (bicyclic) bond motifs is 1. The molecule has 0 aromatic heterocycles. The molecule has 0 amide bonds. The first-order valence-electron chi connectivity index (χ1n) is 10.2. The molecule has 3 heteroatoms. The van der Waals surface area contributed by atoms with Crippen LogP contribution in [-0.4, -0.2) is 20.8 Å². The molecule has 0 saturated carbocycles. The van der Waals surface area contributed by atoms with Gasteiger partial charge in [-0.05, 0) is 88.8 Å². The van der Waals surface area contributed by atoms with Gasteiger partial charge in [0.1, 0.15) is 17.2 Å². The average molecular weight is 399 g/mol. The van der Waals surface area contributed by atoms with Gasteiger partial charge >= 0.3 is 0 Å². The number of rotatable bonds is 7. The zero-order chi connectivity index (χ0) is 20.9. The van der Waals surface area contributed by atoms with E-state index in [-0.39, 0.29) is 0 Å². The van der Waals surface area contributed by atoms with Gasteiger partial charge in [0, 0.05) is 0 Å². The summed E-state index contributed by atoms with van der Waals surface area (Å²) in [6.45, 7) is 2.67. The molecule has 0 aliphatic rings. The molecule has 4 aromatic rings. The summed E-state index contributed by atoms with van der Waals surface area (Å²) in [4.78, 5) is 0. The molecule has 0 saturated heterocycles. The lowest BCUT2D eigenvalue weighted by molar-refractivity contribution is 0.340. The van der Waals surface area contributed by atoms with Crippen molar-refractivity contribution in [2.24, 2.45) is 0 Å². The van der Waals surface area contributed by atoms with Crippen LogP contribution in [0.15, 0.2) is 78.9 Å². The number of benzene rings is 4. The molecule has 0 bridgehead atoms. The fourth-order valence-electron chi connectivity index (χ4n) is 3.73. The molecule has 30 heavy (non-hydrogen) atoms. The third-order valence-electron chi connectivity index (χ3n) is 5.30. The van der Waals surface area contributed by atoms with E-state index in [4.69, 9.17) is 14.2 Å². The number of hydrogen-bond donors (Lipinski definition) is 0. The Bertz CT molecular complexity index is 1150. The van der Waals surface area contributed by atoms with Crippen LogP contribution in [0.2, 0.25) is 0 Å². The largest absolute Gasteiger partial charge is 0.497 e. The minimum atomic E-state index is 0.674. The summed E-state index contributed by atoms with van der Waals surface area (Å²) in [6.07, 6.45) is 0.819. The topological polar surface area (TPSA) is 27.7 Å². The van der Waals surface area contributed by atoms with E-state index < -0.39 is 0 Å². The minimum absolute atomic E-state index is 0.674. The Balaban J connectivity index is 1.71. The lowest BCUT2D eigenvalue weighted by Crippen LogP contribution is -1.96. The highest BCUT2D eigenvalue weighted by Crippen LogP contribution is 2.32. The van der Waals surface area contributed by atoms with E-state index in [0.717, 1.165) is 23.7 Å². The van der Waals surface area contributed by atoms with E-state index in [2.05, 4.69) is 54.6 Å². The van der Waals surface area contributed by atoms with Gasteiger partial charge in [0.15, 0.2) is 0 Å². The predicted molar refractivity (Wildman–Crippen MR) is 123 cm³/mol. The van der Waals surface area contributed by atoms with Crippen molar-refractivity contribution in [1.82, 2.24) is 0 Å². The molecular weight excluding hydrogens is 372 g/mol. The summed E-state index contributed by atoms with van der Waals surface area (Å²) in [5.74, 6) is 2.64. The van der Waals surface area contributed by atoms with Crippen molar-refractivity contribution in [3.8, 4) is 28.4 Å². The van der Waals surface area contributed by atoms with Gasteiger partial charge in [-0.15, -0.1) is 0 Å². The molecule has 3 nitrogen and oxygen atoms in total. The molecule has 0 atom stereocenters. The van der Waals surface area contributed by atoms with Crippen LogP contribution in [0.4, 0.5) is 0 Å². The van der Waals surface area contributed by atoms with E-state index in [1.165, 1.54) is 33.0 Å². The monoisotopic (exact) mass is 398 g/mol. The molecule has 4 aromatic carbocycles. The first kappa shape index (κ1) is 19.8. The number of ether oxygens (including phenoxy) is 3. The Labute approximate surface area is 177 Å². The summed E-state index contributed by atoms with van der Waals surface area (Å²) >= 11 is 0. The summed E-state index contributed by atoms with van der Waals surface area (Å²) in [7, 11) is 3.40. The van der Waals surface area contributed by atoms with Crippen LogP contribution in [0.1, 0.15) is 18.1 Å². The van der Waals surface area contributed by atoms with Crippen LogP contribution >= 0.6 is 0 Å². The maximum absolute atomic E-state index is 5.57. The lowest BCUT2D eigenvalue weighted by Gasteiger charge is -2.14. The van der Waals surface area contributed by atoms with Gasteiger partial charge in [-0.25, -0.2) is 0 Å². The summed E-state index contributed by atoms with van der Waals surface area (Å²) in [5.41, 5.74) is 4.86. The van der Waals surface area contributed by atoms with Crippen LogP contribution < -0.4 is 14.2 Å². The van der Waals surface area contributed by atoms with Gasteiger partial charge in [-0.2, -0.15) is 0 Å². The van der Waals surface area contributed by atoms with Crippen molar-refractivity contribution in [3.05, 3.63) is 90.0 Å². The normalized spacial score (nSPS) is 10.8.